The molecule has 0 aliphatic carbocycles. The lowest BCUT2D eigenvalue weighted by atomic mass is 10.2. The molecule has 0 aromatic rings. The molecule has 1 fully saturated rings. The number of ether oxygens (including phenoxy) is 2. The highest BCUT2D eigenvalue weighted by molar-refractivity contribution is 5.69. The lowest BCUT2D eigenvalue weighted by molar-refractivity contribution is 0.0181. The SMILES string of the molecule is CO[C@H]1C[C@@H](CF)N(C(=O)OC(C)(C)C)C1. The Bertz CT molecular complexity index is 252. The van der Waals surface area contributed by atoms with Gasteiger partial charge >= 0.3 is 6.09 Å². The van der Waals surface area contributed by atoms with E-state index in [9.17, 15) is 9.18 Å². The molecule has 1 amide bonds. The highest BCUT2D eigenvalue weighted by Crippen LogP contribution is 2.23. The summed E-state index contributed by atoms with van der Waals surface area (Å²) in [5.41, 5.74) is -0.552. The van der Waals surface area contributed by atoms with Gasteiger partial charge in [-0.3, -0.25) is 4.90 Å². The molecule has 0 aromatic carbocycles. The first-order valence-electron chi connectivity index (χ1n) is 5.45. The third-order valence-electron chi connectivity index (χ3n) is 2.52. The highest BCUT2D eigenvalue weighted by atomic mass is 19.1. The van der Waals surface area contributed by atoms with Gasteiger partial charge in [-0.15, -0.1) is 0 Å². The Balaban J connectivity index is 2.61. The van der Waals surface area contributed by atoms with Crippen molar-refractivity contribution in [2.24, 2.45) is 0 Å². The molecule has 94 valence electrons. The first-order chi connectivity index (χ1) is 7.37. The molecule has 16 heavy (non-hydrogen) atoms. The zero-order valence-corrected chi connectivity index (χ0v) is 10.3. The molecule has 4 nitrogen and oxygen atoms in total. The van der Waals surface area contributed by atoms with E-state index in [1.54, 1.807) is 27.9 Å². The van der Waals surface area contributed by atoms with Crippen molar-refractivity contribution in [1.82, 2.24) is 4.90 Å². The van der Waals surface area contributed by atoms with Crippen LogP contribution in [0.15, 0.2) is 0 Å². The molecule has 2 atom stereocenters. The smallest absolute Gasteiger partial charge is 0.410 e. The van der Waals surface area contributed by atoms with Gasteiger partial charge < -0.3 is 9.47 Å². The zero-order valence-electron chi connectivity index (χ0n) is 10.3. The fourth-order valence-corrected chi connectivity index (χ4v) is 1.73. The first-order valence-corrected chi connectivity index (χ1v) is 5.45. The van der Waals surface area contributed by atoms with Crippen molar-refractivity contribution in [3.63, 3.8) is 0 Å². The average Bonchev–Trinajstić information content (AvgIpc) is 2.58. The van der Waals surface area contributed by atoms with Crippen molar-refractivity contribution in [2.45, 2.75) is 44.9 Å². The quantitative estimate of drug-likeness (QED) is 0.732. The molecule has 1 rings (SSSR count). The number of hydrogen-bond acceptors (Lipinski definition) is 3. The molecule has 5 heteroatoms. The minimum Gasteiger partial charge on any atom is -0.444 e. The van der Waals surface area contributed by atoms with E-state index in [1.807, 2.05) is 0 Å². The van der Waals surface area contributed by atoms with E-state index >= 15 is 0 Å². The van der Waals surface area contributed by atoms with Crippen molar-refractivity contribution in [3.05, 3.63) is 0 Å². The van der Waals surface area contributed by atoms with Crippen molar-refractivity contribution < 1.29 is 18.7 Å². The summed E-state index contributed by atoms with van der Waals surface area (Å²) in [5, 5.41) is 0. The van der Waals surface area contributed by atoms with Crippen LogP contribution in [0.2, 0.25) is 0 Å². The Labute approximate surface area is 95.7 Å². The summed E-state index contributed by atoms with van der Waals surface area (Å²) >= 11 is 0. The van der Waals surface area contributed by atoms with Crippen LogP contribution in [0.5, 0.6) is 0 Å². The average molecular weight is 233 g/mol. The van der Waals surface area contributed by atoms with E-state index in [2.05, 4.69) is 0 Å². The molecule has 0 saturated carbocycles. The monoisotopic (exact) mass is 233 g/mol. The van der Waals surface area contributed by atoms with Gasteiger partial charge in [-0.25, -0.2) is 9.18 Å². The normalized spacial score (nSPS) is 25.9. The third-order valence-corrected chi connectivity index (χ3v) is 2.52. The van der Waals surface area contributed by atoms with Gasteiger partial charge in [0.05, 0.1) is 18.7 Å². The summed E-state index contributed by atoms with van der Waals surface area (Å²) in [6.07, 6.45) is -0.0188. The Hall–Kier alpha value is -0.840. The number of amides is 1. The first kappa shape index (κ1) is 13.2. The molecule has 0 N–H and O–H groups in total. The Morgan fingerprint density at radius 1 is 1.50 bits per heavy atom. The van der Waals surface area contributed by atoms with Crippen molar-refractivity contribution in [2.75, 3.05) is 20.3 Å². The molecule has 0 aromatic heterocycles. The summed E-state index contributed by atoms with van der Waals surface area (Å²) in [5.74, 6) is 0. The van der Waals surface area contributed by atoms with Gasteiger partial charge in [0.1, 0.15) is 12.3 Å². The predicted octanol–water partition coefficient (Wildman–Crippen LogP) is 1.98. The molecule has 0 radical (unpaired) electrons. The number of carbonyl (C=O) groups excluding carboxylic acids is 1. The topological polar surface area (TPSA) is 38.8 Å². The van der Waals surface area contributed by atoms with E-state index in [0.717, 1.165) is 0 Å². The van der Waals surface area contributed by atoms with Crippen LogP contribution >= 0.6 is 0 Å². The Morgan fingerprint density at radius 2 is 2.12 bits per heavy atom. The summed E-state index contributed by atoms with van der Waals surface area (Å²) in [7, 11) is 1.57. The second-order valence-corrected chi connectivity index (χ2v) is 5.03. The number of nitrogens with zero attached hydrogens (tertiary/aromatic N) is 1. The standard InChI is InChI=1S/C11H20FNO3/c1-11(2,3)16-10(14)13-7-9(15-4)5-8(13)6-12/h8-9H,5-7H2,1-4H3/t8-,9-/m0/s1. The molecule has 0 bridgehead atoms. The van der Waals surface area contributed by atoms with Crippen molar-refractivity contribution in [3.8, 4) is 0 Å². The van der Waals surface area contributed by atoms with Crippen LogP contribution in [0.3, 0.4) is 0 Å². The van der Waals surface area contributed by atoms with Gasteiger partial charge in [-0.1, -0.05) is 0 Å². The molecule has 0 spiro atoms. The van der Waals surface area contributed by atoms with Crippen LogP contribution in [-0.4, -0.2) is 49.1 Å². The second kappa shape index (κ2) is 4.99. The van der Waals surface area contributed by atoms with Crippen LogP contribution < -0.4 is 0 Å². The maximum Gasteiger partial charge on any atom is 0.410 e. The van der Waals surface area contributed by atoms with E-state index in [-0.39, 0.29) is 6.10 Å². The Kier molecular flexibility index (Phi) is 4.13. The van der Waals surface area contributed by atoms with Crippen LogP contribution in [0.4, 0.5) is 9.18 Å². The van der Waals surface area contributed by atoms with Crippen LogP contribution in [-0.2, 0) is 9.47 Å². The molecular weight excluding hydrogens is 213 g/mol. The lowest BCUT2D eigenvalue weighted by Gasteiger charge is -2.27. The fraction of sp³-hybridized carbons (Fsp3) is 0.909. The summed E-state index contributed by atoms with van der Waals surface area (Å²) in [4.78, 5) is 13.2. The zero-order chi connectivity index (χ0) is 12.3. The minimum atomic E-state index is -0.556. The van der Waals surface area contributed by atoms with Gasteiger partial charge in [0.15, 0.2) is 0 Å². The molecular formula is C11H20FNO3. The Morgan fingerprint density at radius 3 is 2.56 bits per heavy atom. The molecule has 1 heterocycles. The number of rotatable bonds is 2. The minimum absolute atomic E-state index is 0.0896. The largest absolute Gasteiger partial charge is 0.444 e. The summed E-state index contributed by atoms with van der Waals surface area (Å²) in [6.45, 7) is 5.22. The predicted molar refractivity (Wildman–Crippen MR) is 58.1 cm³/mol. The fourth-order valence-electron chi connectivity index (χ4n) is 1.73. The van der Waals surface area contributed by atoms with Gasteiger partial charge in [0.25, 0.3) is 0 Å². The van der Waals surface area contributed by atoms with E-state index in [4.69, 9.17) is 9.47 Å². The summed E-state index contributed by atoms with van der Waals surface area (Å²) in [6, 6.07) is -0.417. The van der Waals surface area contributed by atoms with Crippen LogP contribution in [0.1, 0.15) is 27.2 Å². The molecule has 0 unspecified atom stereocenters. The number of methoxy groups -OCH3 is 1. The van der Waals surface area contributed by atoms with E-state index in [0.29, 0.717) is 13.0 Å². The van der Waals surface area contributed by atoms with Crippen molar-refractivity contribution >= 4 is 6.09 Å². The second-order valence-electron chi connectivity index (χ2n) is 5.03. The van der Waals surface area contributed by atoms with Crippen LogP contribution in [0, 0.1) is 0 Å². The number of hydrogen-bond donors (Lipinski definition) is 0. The molecule has 1 aliphatic heterocycles. The van der Waals surface area contributed by atoms with E-state index in [1.165, 1.54) is 4.90 Å². The summed E-state index contributed by atoms with van der Waals surface area (Å²) < 4.78 is 23.1. The van der Waals surface area contributed by atoms with Gasteiger partial charge in [-0.2, -0.15) is 0 Å². The van der Waals surface area contributed by atoms with Gasteiger partial charge in [0.2, 0.25) is 0 Å². The maximum atomic E-state index is 12.7. The van der Waals surface area contributed by atoms with E-state index < -0.39 is 24.4 Å². The number of alkyl halides is 1. The van der Waals surface area contributed by atoms with Gasteiger partial charge in [0, 0.05) is 7.11 Å². The maximum absolute atomic E-state index is 12.7. The molecule has 1 saturated heterocycles. The number of halogens is 1. The van der Waals surface area contributed by atoms with Crippen molar-refractivity contribution in [1.29, 1.82) is 0 Å². The lowest BCUT2D eigenvalue weighted by Crippen LogP contribution is -2.41. The highest BCUT2D eigenvalue weighted by Gasteiger charge is 2.37. The number of likely N-dealkylation sites (tertiary alicyclic amines) is 1. The third kappa shape index (κ3) is 3.33. The van der Waals surface area contributed by atoms with Gasteiger partial charge in [-0.05, 0) is 27.2 Å². The molecule has 1 aliphatic rings. The van der Waals surface area contributed by atoms with Crippen LogP contribution in [0.25, 0.3) is 0 Å². The number of carbonyl (C=O) groups is 1.